The monoisotopic (exact) mass is 256 g/mol. The molecule has 0 spiro atoms. The Morgan fingerprint density at radius 3 is 2.84 bits per heavy atom. The second kappa shape index (κ2) is 4.85. The van der Waals surface area contributed by atoms with Crippen molar-refractivity contribution in [2.45, 2.75) is 25.0 Å². The molecule has 3 N–H and O–H groups in total. The molecule has 1 aromatic carbocycles. The summed E-state index contributed by atoms with van der Waals surface area (Å²) in [5, 5.41) is 6.73. The molecule has 19 heavy (non-hydrogen) atoms. The number of amides is 1. The summed E-state index contributed by atoms with van der Waals surface area (Å²) in [7, 11) is 0. The quantitative estimate of drug-likeness (QED) is 0.866. The molecule has 0 bridgehead atoms. The molecule has 0 radical (unpaired) electrons. The molecule has 3 rings (SSSR count). The van der Waals surface area contributed by atoms with Crippen LogP contribution in [0.3, 0.4) is 0 Å². The van der Waals surface area contributed by atoms with Crippen LogP contribution in [0.15, 0.2) is 42.7 Å². The number of carbonyl (C=O) groups excluding carboxylic acids is 1. The van der Waals surface area contributed by atoms with E-state index < -0.39 is 0 Å². The number of H-pyrrole nitrogens is 1. The predicted molar refractivity (Wildman–Crippen MR) is 70.9 cm³/mol. The maximum Gasteiger partial charge on any atom is 0.225 e. The normalized spacial score (nSPS) is 23.0. The van der Waals surface area contributed by atoms with E-state index in [4.69, 9.17) is 5.73 Å². The first-order valence-corrected chi connectivity index (χ1v) is 6.33. The lowest BCUT2D eigenvalue weighted by Gasteiger charge is -2.26. The van der Waals surface area contributed by atoms with Crippen molar-refractivity contribution < 1.29 is 4.79 Å². The first-order valence-electron chi connectivity index (χ1n) is 6.33. The number of nitrogens with two attached hydrogens (primary N) is 1. The van der Waals surface area contributed by atoms with E-state index in [1.54, 1.807) is 12.4 Å². The van der Waals surface area contributed by atoms with Gasteiger partial charge in [0, 0.05) is 30.8 Å². The molecule has 0 aliphatic carbocycles. The molecule has 0 saturated carbocycles. The van der Waals surface area contributed by atoms with E-state index in [1.165, 1.54) is 0 Å². The zero-order valence-corrected chi connectivity index (χ0v) is 10.5. The number of aromatic amines is 1. The lowest BCUT2D eigenvalue weighted by Crippen LogP contribution is -2.32. The number of benzene rings is 1. The Morgan fingerprint density at radius 2 is 2.16 bits per heavy atom. The zero-order valence-electron chi connectivity index (χ0n) is 10.5. The van der Waals surface area contributed by atoms with Crippen molar-refractivity contribution in [3.63, 3.8) is 0 Å². The van der Waals surface area contributed by atoms with Gasteiger partial charge in [-0.15, -0.1) is 0 Å². The van der Waals surface area contributed by atoms with Gasteiger partial charge >= 0.3 is 0 Å². The van der Waals surface area contributed by atoms with Crippen LogP contribution in [0.4, 0.5) is 0 Å². The van der Waals surface area contributed by atoms with E-state index >= 15 is 0 Å². The van der Waals surface area contributed by atoms with E-state index in [2.05, 4.69) is 10.2 Å². The van der Waals surface area contributed by atoms with E-state index in [1.807, 2.05) is 35.2 Å². The molecule has 2 atom stereocenters. The SMILES string of the molecule is N[C@@H]1CC(=O)N(Cc2ccccc2)[C@H]1c1cn[nH]c1. The van der Waals surface area contributed by atoms with Gasteiger partial charge in [-0.3, -0.25) is 9.89 Å². The molecule has 0 unspecified atom stereocenters. The summed E-state index contributed by atoms with van der Waals surface area (Å²) in [6.07, 6.45) is 3.94. The number of hydrogen-bond acceptors (Lipinski definition) is 3. The van der Waals surface area contributed by atoms with E-state index in [0.29, 0.717) is 13.0 Å². The van der Waals surface area contributed by atoms with E-state index in [9.17, 15) is 4.79 Å². The summed E-state index contributed by atoms with van der Waals surface area (Å²) >= 11 is 0. The van der Waals surface area contributed by atoms with Crippen LogP contribution in [0.25, 0.3) is 0 Å². The molecule has 1 fully saturated rings. The number of aromatic nitrogens is 2. The van der Waals surface area contributed by atoms with Gasteiger partial charge in [0.05, 0.1) is 12.2 Å². The van der Waals surface area contributed by atoms with Crippen molar-refractivity contribution in [3.05, 3.63) is 53.9 Å². The van der Waals surface area contributed by atoms with Crippen LogP contribution in [-0.4, -0.2) is 27.0 Å². The lowest BCUT2D eigenvalue weighted by molar-refractivity contribution is -0.129. The summed E-state index contributed by atoms with van der Waals surface area (Å²) in [5.74, 6) is 0.0996. The van der Waals surface area contributed by atoms with Crippen molar-refractivity contribution in [1.29, 1.82) is 0 Å². The second-order valence-electron chi connectivity index (χ2n) is 4.85. The van der Waals surface area contributed by atoms with Crippen LogP contribution in [0.1, 0.15) is 23.6 Å². The Hall–Kier alpha value is -2.14. The van der Waals surface area contributed by atoms with Crippen LogP contribution in [0, 0.1) is 0 Å². The fraction of sp³-hybridized carbons (Fsp3) is 0.286. The lowest BCUT2D eigenvalue weighted by atomic mass is 10.0. The van der Waals surface area contributed by atoms with E-state index in [-0.39, 0.29) is 18.0 Å². The van der Waals surface area contributed by atoms with Crippen molar-refractivity contribution >= 4 is 5.91 Å². The summed E-state index contributed by atoms with van der Waals surface area (Å²) in [6.45, 7) is 0.587. The van der Waals surface area contributed by atoms with Crippen LogP contribution in [-0.2, 0) is 11.3 Å². The first-order chi connectivity index (χ1) is 9.25. The molecule has 5 nitrogen and oxygen atoms in total. The molecule has 98 valence electrons. The van der Waals surface area contributed by atoms with Gasteiger partial charge in [-0.05, 0) is 5.56 Å². The molecule has 1 aliphatic rings. The Morgan fingerprint density at radius 1 is 1.37 bits per heavy atom. The van der Waals surface area contributed by atoms with Crippen LogP contribution in [0.5, 0.6) is 0 Å². The van der Waals surface area contributed by atoms with Gasteiger partial charge in [-0.25, -0.2) is 0 Å². The number of carbonyl (C=O) groups is 1. The van der Waals surface area contributed by atoms with Gasteiger partial charge in [0.15, 0.2) is 0 Å². The fourth-order valence-electron chi connectivity index (χ4n) is 2.63. The zero-order chi connectivity index (χ0) is 13.2. The average molecular weight is 256 g/mol. The van der Waals surface area contributed by atoms with Crippen LogP contribution in [0.2, 0.25) is 0 Å². The molecule has 1 saturated heterocycles. The molecular formula is C14H16N4O. The Labute approximate surface area is 111 Å². The minimum atomic E-state index is -0.172. The predicted octanol–water partition coefficient (Wildman–Crippen LogP) is 1.21. The maximum absolute atomic E-state index is 12.1. The summed E-state index contributed by atoms with van der Waals surface area (Å²) in [4.78, 5) is 13.9. The molecule has 1 amide bonds. The van der Waals surface area contributed by atoms with Gasteiger partial charge in [0.2, 0.25) is 5.91 Å². The third-order valence-electron chi connectivity index (χ3n) is 3.53. The largest absolute Gasteiger partial charge is 0.330 e. The van der Waals surface area contributed by atoms with Crippen molar-refractivity contribution in [2.24, 2.45) is 5.73 Å². The molecule has 1 aliphatic heterocycles. The Kier molecular flexibility index (Phi) is 3.05. The number of nitrogens with zero attached hydrogens (tertiary/aromatic N) is 2. The summed E-state index contributed by atoms with van der Waals surface area (Å²) < 4.78 is 0. The van der Waals surface area contributed by atoms with Gasteiger partial charge in [-0.2, -0.15) is 5.10 Å². The highest BCUT2D eigenvalue weighted by molar-refractivity contribution is 5.80. The number of hydrogen-bond donors (Lipinski definition) is 2. The third kappa shape index (κ3) is 2.24. The third-order valence-corrected chi connectivity index (χ3v) is 3.53. The van der Waals surface area contributed by atoms with Crippen molar-refractivity contribution in [1.82, 2.24) is 15.1 Å². The first kappa shape index (κ1) is 11.9. The van der Waals surface area contributed by atoms with Crippen LogP contribution < -0.4 is 5.73 Å². The number of rotatable bonds is 3. The second-order valence-corrected chi connectivity index (χ2v) is 4.85. The van der Waals surface area contributed by atoms with Gasteiger partial charge in [0.25, 0.3) is 0 Å². The molecule has 5 heteroatoms. The Balaban J connectivity index is 1.87. The minimum absolute atomic E-state index is 0.0912. The highest BCUT2D eigenvalue weighted by Crippen LogP contribution is 2.32. The highest BCUT2D eigenvalue weighted by Gasteiger charge is 2.38. The maximum atomic E-state index is 12.1. The fourth-order valence-corrected chi connectivity index (χ4v) is 2.63. The topological polar surface area (TPSA) is 75.0 Å². The molecular weight excluding hydrogens is 240 g/mol. The number of nitrogens with one attached hydrogen (secondary N) is 1. The standard InChI is InChI=1S/C14H16N4O/c15-12-6-13(19)18(9-10-4-2-1-3-5-10)14(12)11-7-16-17-8-11/h1-5,7-8,12,14H,6,9,15H2,(H,16,17)/t12-,14+/m1/s1. The van der Waals surface area contributed by atoms with E-state index in [0.717, 1.165) is 11.1 Å². The molecule has 2 heterocycles. The average Bonchev–Trinajstić information content (AvgIpc) is 3.00. The molecule has 1 aromatic heterocycles. The highest BCUT2D eigenvalue weighted by atomic mass is 16.2. The summed E-state index contributed by atoms with van der Waals surface area (Å²) in [6, 6.07) is 9.69. The Bertz CT molecular complexity index is 552. The smallest absolute Gasteiger partial charge is 0.225 e. The van der Waals surface area contributed by atoms with Crippen LogP contribution >= 0.6 is 0 Å². The van der Waals surface area contributed by atoms with Gasteiger partial charge in [0.1, 0.15) is 0 Å². The summed E-state index contributed by atoms with van der Waals surface area (Å²) in [5.41, 5.74) is 8.18. The minimum Gasteiger partial charge on any atom is -0.330 e. The van der Waals surface area contributed by atoms with Gasteiger partial charge < -0.3 is 10.6 Å². The molecule has 2 aromatic rings. The number of likely N-dealkylation sites (tertiary alicyclic amines) is 1. The van der Waals surface area contributed by atoms with Gasteiger partial charge in [-0.1, -0.05) is 30.3 Å². The van der Waals surface area contributed by atoms with Crippen molar-refractivity contribution in [3.8, 4) is 0 Å². The van der Waals surface area contributed by atoms with Crippen molar-refractivity contribution in [2.75, 3.05) is 0 Å².